The number of nitrogens with one attached hydrogen (secondary N) is 1. The van der Waals surface area contributed by atoms with Crippen LogP contribution in [-0.4, -0.2) is 64.5 Å². The van der Waals surface area contributed by atoms with Gasteiger partial charge in [0.25, 0.3) is 5.56 Å². The first-order chi connectivity index (χ1) is 14.9. The third-order valence-corrected chi connectivity index (χ3v) is 4.39. The van der Waals surface area contributed by atoms with E-state index in [1.807, 2.05) is 0 Å². The van der Waals surface area contributed by atoms with Gasteiger partial charge in [0.2, 0.25) is 0 Å². The molecular weight excluding hydrogens is 432 g/mol. The van der Waals surface area contributed by atoms with Crippen LogP contribution in [0, 0.1) is 6.92 Å². The normalized spacial score (nSPS) is 24.8. The number of H-pyrrole nitrogens is 1. The summed E-state index contributed by atoms with van der Waals surface area (Å²) in [6, 6.07) is 0. The van der Waals surface area contributed by atoms with Crippen LogP contribution in [0.1, 0.15) is 39.5 Å². The lowest BCUT2D eigenvalue weighted by molar-refractivity contribution is -0.269. The van der Waals surface area contributed by atoms with Crippen molar-refractivity contribution < 1.29 is 42.9 Å². The molecule has 1 aliphatic rings. The van der Waals surface area contributed by atoms with Crippen LogP contribution in [0.3, 0.4) is 0 Å². The molecule has 13 nitrogen and oxygen atoms in total. The molecule has 0 unspecified atom stereocenters. The molecule has 176 valence electrons. The molecule has 13 heteroatoms. The number of aromatic amines is 1. The maximum Gasteiger partial charge on any atom is 0.330 e. The molecule has 32 heavy (non-hydrogen) atoms. The third-order valence-electron chi connectivity index (χ3n) is 4.39. The Morgan fingerprint density at radius 2 is 1.44 bits per heavy atom. The van der Waals surface area contributed by atoms with Crippen LogP contribution in [0.15, 0.2) is 15.8 Å². The molecule has 0 bridgehead atoms. The van der Waals surface area contributed by atoms with Crippen LogP contribution in [-0.2, 0) is 42.9 Å². The molecule has 1 aromatic heterocycles. The molecule has 0 aliphatic carbocycles. The Morgan fingerprint density at radius 1 is 0.906 bits per heavy atom. The highest BCUT2D eigenvalue weighted by molar-refractivity contribution is 5.68. The summed E-state index contributed by atoms with van der Waals surface area (Å²) in [6.45, 7) is 5.39. The maximum absolute atomic E-state index is 12.5. The van der Waals surface area contributed by atoms with Crippen LogP contribution in [0.4, 0.5) is 0 Å². The lowest BCUT2D eigenvalue weighted by atomic mass is 9.97. The average Bonchev–Trinajstić information content (AvgIpc) is 2.65. The zero-order chi connectivity index (χ0) is 24.2. The van der Waals surface area contributed by atoms with Crippen molar-refractivity contribution in [2.45, 2.75) is 65.3 Å². The monoisotopic (exact) mass is 456 g/mol. The van der Waals surface area contributed by atoms with Gasteiger partial charge in [0.05, 0.1) is 0 Å². The van der Waals surface area contributed by atoms with Crippen LogP contribution in [0.25, 0.3) is 0 Å². The van der Waals surface area contributed by atoms with E-state index in [2.05, 4.69) is 4.98 Å². The minimum Gasteiger partial charge on any atom is -0.463 e. The molecule has 1 saturated heterocycles. The highest BCUT2D eigenvalue weighted by atomic mass is 16.7. The van der Waals surface area contributed by atoms with E-state index < -0.39 is 72.4 Å². The molecular formula is C19H24N2O11. The summed E-state index contributed by atoms with van der Waals surface area (Å²) < 4.78 is 27.6. The van der Waals surface area contributed by atoms with Gasteiger partial charge in [-0.05, 0) is 6.92 Å². The number of hydrogen-bond donors (Lipinski definition) is 1. The number of carbonyl (C=O) groups excluding carboxylic acids is 4. The summed E-state index contributed by atoms with van der Waals surface area (Å²) in [5.74, 6) is -3.06. The van der Waals surface area contributed by atoms with Gasteiger partial charge in [0.1, 0.15) is 12.7 Å². The van der Waals surface area contributed by atoms with Gasteiger partial charge in [-0.3, -0.25) is 33.5 Å². The SMILES string of the molecule is CC(=O)OC[C@@H]1O[C@H](n2cc(C)c(=O)[nH]c2=O)[C@H](OC(C)=O)[C@@H](OC(C)=O)[C@H]1OC(C)=O. The largest absolute Gasteiger partial charge is 0.463 e. The highest BCUT2D eigenvalue weighted by Crippen LogP contribution is 2.34. The Bertz CT molecular complexity index is 1010. The van der Waals surface area contributed by atoms with Crippen molar-refractivity contribution in [2.24, 2.45) is 0 Å². The molecule has 1 N–H and O–H groups in total. The number of nitrogens with zero attached hydrogens (tertiary/aromatic N) is 1. The number of aromatic nitrogens is 2. The number of aryl methyl sites for hydroxylation is 1. The van der Waals surface area contributed by atoms with Crippen molar-refractivity contribution >= 4 is 23.9 Å². The number of ether oxygens (including phenoxy) is 5. The summed E-state index contributed by atoms with van der Waals surface area (Å²) >= 11 is 0. The first-order valence-electron chi connectivity index (χ1n) is 9.53. The highest BCUT2D eigenvalue weighted by Gasteiger charge is 2.53. The van der Waals surface area contributed by atoms with Crippen LogP contribution < -0.4 is 11.2 Å². The van der Waals surface area contributed by atoms with Crippen molar-refractivity contribution in [3.8, 4) is 0 Å². The Morgan fingerprint density at radius 3 is 1.97 bits per heavy atom. The van der Waals surface area contributed by atoms with Crippen molar-refractivity contribution in [2.75, 3.05) is 6.61 Å². The molecule has 2 rings (SSSR count). The number of carbonyl (C=O) groups is 4. The lowest BCUT2D eigenvalue weighted by Crippen LogP contribution is -2.61. The van der Waals surface area contributed by atoms with Gasteiger partial charge in [0, 0.05) is 39.5 Å². The summed E-state index contributed by atoms with van der Waals surface area (Å²) in [4.78, 5) is 73.0. The van der Waals surface area contributed by atoms with Crippen molar-refractivity contribution in [1.29, 1.82) is 0 Å². The second-order valence-corrected chi connectivity index (χ2v) is 7.07. The summed E-state index contributed by atoms with van der Waals surface area (Å²) in [6.07, 6.45) is -5.73. The number of rotatable bonds is 6. The van der Waals surface area contributed by atoms with Crippen molar-refractivity contribution in [1.82, 2.24) is 9.55 Å². The molecule has 5 atom stereocenters. The first kappa shape index (κ1) is 24.8. The Balaban J connectivity index is 2.65. The van der Waals surface area contributed by atoms with Gasteiger partial charge in [0.15, 0.2) is 24.5 Å². The van der Waals surface area contributed by atoms with Gasteiger partial charge in [-0.2, -0.15) is 0 Å². The van der Waals surface area contributed by atoms with E-state index >= 15 is 0 Å². The molecule has 1 aromatic rings. The van der Waals surface area contributed by atoms with E-state index in [-0.39, 0.29) is 5.56 Å². The quantitative estimate of drug-likeness (QED) is 0.416. The molecule has 0 radical (unpaired) electrons. The van der Waals surface area contributed by atoms with Crippen molar-refractivity contribution in [3.05, 3.63) is 32.6 Å². The van der Waals surface area contributed by atoms with Gasteiger partial charge < -0.3 is 23.7 Å². The standard InChI is InChI=1S/C19H24N2O11/c1-8-6-21(19(27)20-17(8)26)18-16(31-12(5)25)15(30-11(4)24)14(29-10(3)23)13(32-18)7-28-9(2)22/h6,13-16,18H,7H2,1-5H3,(H,20,26,27)/t13-,14-,15-,16+,18-/m0/s1. The van der Waals surface area contributed by atoms with Gasteiger partial charge >= 0.3 is 29.6 Å². The number of hydrogen-bond acceptors (Lipinski definition) is 11. The zero-order valence-electron chi connectivity index (χ0n) is 18.1. The molecule has 0 amide bonds. The predicted octanol–water partition coefficient (Wildman–Crippen LogP) is -0.899. The Labute approximate surface area is 181 Å². The smallest absolute Gasteiger partial charge is 0.330 e. The second-order valence-electron chi connectivity index (χ2n) is 7.07. The van der Waals surface area contributed by atoms with Gasteiger partial charge in [-0.15, -0.1) is 0 Å². The third kappa shape index (κ3) is 6.03. The summed E-state index contributed by atoms with van der Waals surface area (Å²) in [7, 11) is 0. The fraction of sp³-hybridized carbons (Fsp3) is 0.579. The van der Waals surface area contributed by atoms with Gasteiger partial charge in [-0.25, -0.2) is 4.79 Å². The summed E-state index contributed by atoms with van der Waals surface area (Å²) in [5.41, 5.74) is -1.41. The Kier molecular flexibility index (Phi) is 7.92. The van der Waals surface area contributed by atoms with Crippen LogP contribution >= 0.6 is 0 Å². The first-order valence-corrected chi connectivity index (χ1v) is 9.53. The zero-order valence-corrected chi connectivity index (χ0v) is 18.1. The maximum atomic E-state index is 12.5. The van der Waals surface area contributed by atoms with E-state index in [4.69, 9.17) is 23.7 Å². The van der Waals surface area contributed by atoms with E-state index in [1.54, 1.807) is 0 Å². The van der Waals surface area contributed by atoms with E-state index in [9.17, 15) is 28.8 Å². The fourth-order valence-corrected chi connectivity index (χ4v) is 3.20. The topological polar surface area (TPSA) is 169 Å². The second kappa shape index (κ2) is 10.2. The molecule has 0 spiro atoms. The molecule has 0 saturated carbocycles. The summed E-state index contributed by atoms with van der Waals surface area (Å²) in [5, 5.41) is 0. The minimum absolute atomic E-state index is 0.137. The number of esters is 4. The molecule has 1 aliphatic heterocycles. The fourth-order valence-electron chi connectivity index (χ4n) is 3.20. The molecule has 0 aromatic carbocycles. The van der Waals surface area contributed by atoms with Gasteiger partial charge in [-0.1, -0.05) is 0 Å². The Hall–Kier alpha value is -3.48. The van der Waals surface area contributed by atoms with E-state index in [0.29, 0.717) is 0 Å². The van der Waals surface area contributed by atoms with Crippen molar-refractivity contribution in [3.63, 3.8) is 0 Å². The minimum atomic E-state index is -1.46. The van der Waals surface area contributed by atoms with E-state index in [0.717, 1.165) is 32.3 Å². The molecule has 2 heterocycles. The predicted molar refractivity (Wildman–Crippen MR) is 103 cm³/mol. The molecule has 1 fully saturated rings. The van der Waals surface area contributed by atoms with E-state index in [1.165, 1.54) is 13.1 Å². The van der Waals surface area contributed by atoms with Crippen LogP contribution in [0.5, 0.6) is 0 Å². The van der Waals surface area contributed by atoms with Crippen LogP contribution in [0.2, 0.25) is 0 Å². The average molecular weight is 456 g/mol. The lowest BCUT2D eigenvalue weighted by Gasteiger charge is -2.44.